The van der Waals surface area contributed by atoms with Crippen LogP contribution in [-0.4, -0.2) is 40.9 Å². The van der Waals surface area contributed by atoms with E-state index >= 15 is 0 Å². The molecule has 1 saturated heterocycles. The Labute approximate surface area is 152 Å². The van der Waals surface area contributed by atoms with Gasteiger partial charge in [-0.25, -0.2) is 0 Å². The second kappa shape index (κ2) is 8.29. The quantitative estimate of drug-likeness (QED) is 0.837. The van der Waals surface area contributed by atoms with Crippen molar-refractivity contribution in [1.82, 2.24) is 9.88 Å². The molecule has 0 aliphatic carbocycles. The molecule has 1 aromatic carbocycles. The zero-order valence-corrected chi connectivity index (χ0v) is 14.4. The van der Waals surface area contributed by atoms with Gasteiger partial charge in [0.2, 0.25) is 5.91 Å². The van der Waals surface area contributed by atoms with Crippen LogP contribution in [-0.2, 0) is 4.79 Å². The van der Waals surface area contributed by atoms with Crippen molar-refractivity contribution in [3.63, 3.8) is 0 Å². The maximum Gasteiger partial charge on any atom is 0.267 e. The van der Waals surface area contributed by atoms with Gasteiger partial charge in [-0.2, -0.15) is 0 Å². The monoisotopic (exact) mass is 351 g/mol. The van der Waals surface area contributed by atoms with Gasteiger partial charge in [0, 0.05) is 24.9 Å². The second-order valence-corrected chi connectivity index (χ2v) is 6.15. The Balaban J connectivity index is 1.60. The minimum atomic E-state index is -0.595. The standard InChI is InChI=1S/C20H21N3O3/c21-20(25)18-13-16(10-11-22-18)26-17-7-4-12-23(14-17)19(24)9-8-15-5-2-1-3-6-15/h1-3,5-6,8-11,13,17H,4,7,12,14H2,(H2,21,25)/b9-8+. The van der Waals surface area contributed by atoms with Gasteiger partial charge >= 0.3 is 0 Å². The molecule has 0 bridgehead atoms. The predicted octanol–water partition coefficient (Wildman–Crippen LogP) is 2.26. The summed E-state index contributed by atoms with van der Waals surface area (Å²) in [5.41, 5.74) is 6.39. The van der Waals surface area contributed by atoms with E-state index in [1.807, 2.05) is 36.4 Å². The highest BCUT2D eigenvalue weighted by Gasteiger charge is 2.24. The van der Waals surface area contributed by atoms with Gasteiger partial charge in [0.25, 0.3) is 5.91 Å². The lowest BCUT2D eigenvalue weighted by Crippen LogP contribution is -2.43. The van der Waals surface area contributed by atoms with Crippen LogP contribution < -0.4 is 10.5 Å². The molecule has 1 unspecified atom stereocenters. The van der Waals surface area contributed by atoms with Crippen LogP contribution in [0.4, 0.5) is 0 Å². The molecule has 1 fully saturated rings. The van der Waals surface area contributed by atoms with E-state index in [0.29, 0.717) is 18.8 Å². The Bertz CT molecular complexity index is 805. The summed E-state index contributed by atoms with van der Waals surface area (Å²) in [6, 6.07) is 12.9. The number of piperidine rings is 1. The fraction of sp³-hybridized carbons (Fsp3) is 0.250. The van der Waals surface area contributed by atoms with Crippen molar-refractivity contribution in [3.05, 3.63) is 66.0 Å². The average Bonchev–Trinajstić information content (AvgIpc) is 2.67. The molecular formula is C20H21N3O3. The lowest BCUT2D eigenvalue weighted by Gasteiger charge is -2.32. The molecule has 2 amide bonds. The molecule has 6 nitrogen and oxygen atoms in total. The number of likely N-dealkylation sites (tertiary alicyclic amines) is 1. The summed E-state index contributed by atoms with van der Waals surface area (Å²) in [6.07, 6.45) is 6.48. The number of nitrogens with zero attached hydrogens (tertiary/aromatic N) is 2. The zero-order chi connectivity index (χ0) is 18.4. The number of primary amides is 1. The Hall–Kier alpha value is -3.15. The summed E-state index contributed by atoms with van der Waals surface area (Å²) in [4.78, 5) is 29.3. The van der Waals surface area contributed by atoms with Gasteiger partial charge in [-0.3, -0.25) is 14.6 Å². The first-order valence-corrected chi connectivity index (χ1v) is 8.56. The molecule has 2 heterocycles. The van der Waals surface area contributed by atoms with Crippen molar-refractivity contribution in [2.75, 3.05) is 13.1 Å². The van der Waals surface area contributed by atoms with Crippen molar-refractivity contribution >= 4 is 17.9 Å². The van der Waals surface area contributed by atoms with Crippen molar-refractivity contribution in [1.29, 1.82) is 0 Å². The van der Waals surface area contributed by atoms with Gasteiger partial charge in [-0.15, -0.1) is 0 Å². The lowest BCUT2D eigenvalue weighted by atomic mass is 10.1. The molecule has 134 valence electrons. The van der Waals surface area contributed by atoms with E-state index in [4.69, 9.17) is 10.5 Å². The zero-order valence-electron chi connectivity index (χ0n) is 14.4. The predicted molar refractivity (Wildman–Crippen MR) is 98.5 cm³/mol. The molecule has 2 N–H and O–H groups in total. The van der Waals surface area contributed by atoms with Crippen LogP contribution >= 0.6 is 0 Å². The molecular weight excluding hydrogens is 330 g/mol. The van der Waals surface area contributed by atoms with E-state index in [9.17, 15) is 9.59 Å². The smallest absolute Gasteiger partial charge is 0.267 e. The summed E-state index contributed by atoms with van der Waals surface area (Å²) in [7, 11) is 0. The number of ether oxygens (including phenoxy) is 1. The molecule has 1 aliphatic rings. The number of carbonyl (C=O) groups is 2. The third-order valence-corrected chi connectivity index (χ3v) is 4.19. The normalized spacial score (nSPS) is 17.2. The molecule has 2 aromatic rings. The maximum absolute atomic E-state index is 12.4. The minimum absolute atomic E-state index is 0.0327. The third kappa shape index (κ3) is 4.69. The van der Waals surface area contributed by atoms with E-state index in [-0.39, 0.29) is 17.7 Å². The molecule has 1 aromatic heterocycles. The van der Waals surface area contributed by atoms with Crippen LogP contribution in [0, 0.1) is 0 Å². The second-order valence-electron chi connectivity index (χ2n) is 6.15. The molecule has 3 rings (SSSR count). The molecule has 26 heavy (non-hydrogen) atoms. The summed E-state index contributed by atoms with van der Waals surface area (Å²) in [5, 5.41) is 0. The minimum Gasteiger partial charge on any atom is -0.488 e. The summed E-state index contributed by atoms with van der Waals surface area (Å²) in [5.74, 6) is -0.0930. The van der Waals surface area contributed by atoms with Gasteiger partial charge in [-0.1, -0.05) is 30.3 Å². The first-order chi connectivity index (χ1) is 12.6. The molecule has 0 radical (unpaired) electrons. The number of rotatable bonds is 5. The SMILES string of the molecule is NC(=O)c1cc(OC2CCCN(C(=O)/C=C/c3ccccc3)C2)ccn1. The highest BCUT2D eigenvalue weighted by atomic mass is 16.5. The van der Waals surface area contributed by atoms with Crippen molar-refractivity contribution in [2.45, 2.75) is 18.9 Å². The van der Waals surface area contributed by atoms with E-state index in [0.717, 1.165) is 18.4 Å². The van der Waals surface area contributed by atoms with E-state index in [1.54, 1.807) is 17.0 Å². The van der Waals surface area contributed by atoms with Gasteiger partial charge < -0.3 is 15.4 Å². The van der Waals surface area contributed by atoms with Gasteiger partial charge in [0.15, 0.2) is 0 Å². The number of pyridine rings is 1. The molecule has 0 spiro atoms. The molecule has 0 saturated carbocycles. The van der Waals surface area contributed by atoms with E-state index in [2.05, 4.69) is 4.98 Å². The Morgan fingerprint density at radius 3 is 2.81 bits per heavy atom. The van der Waals surface area contributed by atoms with Crippen molar-refractivity contribution < 1.29 is 14.3 Å². The van der Waals surface area contributed by atoms with E-state index in [1.165, 1.54) is 12.3 Å². The van der Waals surface area contributed by atoms with Crippen LogP contribution in [0.15, 0.2) is 54.7 Å². The lowest BCUT2D eigenvalue weighted by molar-refractivity contribution is -0.128. The molecule has 1 atom stereocenters. The highest BCUT2D eigenvalue weighted by Crippen LogP contribution is 2.19. The molecule has 6 heteroatoms. The third-order valence-electron chi connectivity index (χ3n) is 4.19. The highest BCUT2D eigenvalue weighted by molar-refractivity contribution is 5.92. The first kappa shape index (κ1) is 17.7. The number of aromatic nitrogens is 1. The van der Waals surface area contributed by atoms with Gasteiger partial charge in [-0.05, 0) is 30.5 Å². The first-order valence-electron chi connectivity index (χ1n) is 8.56. The number of amides is 2. The fourth-order valence-electron chi connectivity index (χ4n) is 2.88. The molecule has 1 aliphatic heterocycles. The Morgan fingerprint density at radius 2 is 2.04 bits per heavy atom. The van der Waals surface area contributed by atoms with Crippen LogP contribution in [0.3, 0.4) is 0 Å². The summed E-state index contributed by atoms with van der Waals surface area (Å²) in [6.45, 7) is 1.22. The largest absolute Gasteiger partial charge is 0.488 e. The van der Waals surface area contributed by atoms with Crippen molar-refractivity contribution in [3.8, 4) is 5.75 Å². The van der Waals surface area contributed by atoms with E-state index < -0.39 is 5.91 Å². The van der Waals surface area contributed by atoms with Crippen LogP contribution in [0.1, 0.15) is 28.9 Å². The van der Waals surface area contributed by atoms with Gasteiger partial charge in [0.05, 0.1) is 6.54 Å². The Kier molecular flexibility index (Phi) is 5.63. The number of nitrogens with two attached hydrogens (primary N) is 1. The number of hydrogen-bond acceptors (Lipinski definition) is 4. The number of carbonyl (C=O) groups excluding carboxylic acids is 2. The number of hydrogen-bond donors (Lipinski definition) is 1. The maximum atomic E-state index is 12.4. The summed E-state index contributed by atoms with van der Waals surface area (Å²) < 4.78 is 5.92. The Morgan fingerprint density at radius 1 is 1.23 bits per heavy atom. The van der Waals surface area contributed by atoms with Gasteiger partial charge in [0.1, 0.15) is 17.5 Å². The number of benzene rings is 1. The average molecular weight is 351 g/mol. The topological polar surface area (TPSA) is 85.5 Å². The van der Waals surface area contributed by atoms with Crippen LogP contribution in [0.25, 0.3) is 6.08 Å². The van der Waals surface area contributed by atoms with Crippen LogP contribution in [0.2, 0.25) is 0 Å². The fourth-order valence-corrected chi connectivity index (χ4v) is 2.88. The summed E-state index contributed by atoms with van der Waals surface area (Å²) >= 11 is 0. The van der Waals surface area contributed by atoms with Crippen molar-refractivity contribution in [2.24, 2.45) is 5.73 Å². The van der Waals surface area contributed by atoms with Crippen LogP contribution in [0.5, 0.6) is 5.75 Å².